The van der Waals surface area contributed by atoms with E-state index in [2.05, 4.69) is 20.1 Å². The number of ether oxygens (including phenoxy) is 1. The average molecular weight is 299 g/mol. The van der Waals surface area contributed by atoms with E-state index >= 15 is 0 Å². The second-order valence-corrected chi connectivity index (χ2v) is 3.45. The highest BCUT2D eigenvalue weighted by Gasteiger charge is 2.35. The van der Waals surface area contributed by atoms with Crippen LogP contribution in [0.1, 0.15) is 12.7 Å². The number of allylic oxidation sites excluding steroid dienone is 1. The number of aromatic amines is 1. The van der Waals surface area contributed by atoms with E-state index < -0.39 is 18.0 Å². The number of carbonyl (C=O) groups is 1. The normalized spacial score (nSPS) is 12.4. The van der Waals surface area contributed by atoms with Gasteiger partial charge in [-0.1, -0.05) is 0 Å². The van der Waals surface area contributed by atoms with Gasteiger partial charge < -0.3 is 10.1 Å². The molecule has 0 aliphatic heterocycles. The van der Waals surface area contributed by atoms with Crippen LogP contribution in [0.5, 0.6) is 0 Å². The number of H-pyrrole nitrogens is 1. The number of hydrogen-bond donors (Lipinski definition) is 2. The third kappa shape index (κ3) is 4.78. The van der Waals surface area contributed by atoms with Gasteiger partial charge in [-0.2, -0.15) is 18.2 Å². The number of anilines is 1. The lowest BCUT2D eigenvalue weighted by atomic mass is 10.4. The van der Waals surface area contributed by atoms with E-state index in [4.69, 9.17) is 11.6 Å². The Kier molecular flexibility index (Phi) is 5.16. The Morgan fingerprint density at radius 2 is 2.26 bits per heavy atom. The van der Waals surface area contributed by atoms with E-state index in [-0.39, 0.29) is 24.1 Å². The molecule has 0 fully saturated rings. The number of hydrogen-bond acceptors (Lipinski definition) is 5. The van der Waals surface area contributed by atoms with Crippen molar-refractivity contribution in [3.8, 4) is 0 Å². The molecule has 0 aliphatic rings. The highest BCUT2D eigenvalue weighted by atomic mass is 35.5. The predicted molar refractivity (Wildman–Crippen MR) is 60.4 cm³/mol. The summed E-state index contributed by atoms with van der Waals surface area (Å²) >= 11 is 5.53. The van der Waals surface area contributed by atoms with Gasteiger partial charge in [-0.25, -0.2) is 4.79 Å². The molecule has 1 rings (SSSR count). The van der Waals surface area contributed by atoms with Gasteiger partial charge in [0.1, 0.15) is 0 Å². The maximum atomic E-state index is 12.3. The van der Waals surface area contributed by atoms with E-state index in [1.54, 1.807) is 12.0 Å². The Hall–Kier alpha value is -1.77. The van der Waals surface area contributed by atoms with Crippen LogP contribution in [0, 0.1) is 0 Å². The molecule has 0 spiro atoms. The summed E-state index contributed by atoms with van der Waals surface area (Å²) in [5.41, 5.74) is 0.118. The van der Waals surface area contributed by atoms with Gasteiger partial charge in [0.2, 0.25) is 11.8 Å². The zero-order valence-corrected chi connectivity index (χ0v) is 10.5. The summed E-state index contributed by atoms with van der Waals surface area (Å²) in [4.78, 5) is 14.3. The SMILES string of the molecule is CCOC(=O)C=C(CCl)Nc1n[nH]c(C(F)(F)F)n1. The molecule has 0 amide bonds. The number of halogens is 4. The van der Waals surface area contributed by atoms with E-state index in [9.17, 15) is 18.0 Å². The van der Waals surface area contributed by atoms with Crippen molar-refractivity contribution >= 4 is 23.5 Å². The van der Waals surface area contributed by atoms with Gasteiger partial charge in [-0.15, -0.1) is 16.7 Å². The number of esters is 1. The minimum Gasteiger partial charge on any atom is -0.463 e. The quantitative estimate of drug-likeness (QED) is 0.493. The van der Waals surface area contributed by atoms with Crippen LogP contribution in [0.15, 0.2) is 11.8 Å². The molecule has 0 saturated carbocycles. The number of aromatic nitrogens is 3. The predicted octanol–water partition coefficient (Wildman–Crippen LogP) is 1.92. The summed E-state index contributed by atoms with van der Waals surface area (Å²) < 4.78 is 41.4. The second kappa shape index (κ2) is 6.41. The summed E-state index contributed by atoms with van der Waals surface area (Å²) in [5.74, 6) is -2.41. The van der Waals surface area contributed by atoms with Gasteiger partial charge in [0.25, 0.3) is 0 Å². The molecule has 0 radical (unpaired) electrons. The Balaban J connectivity index is 2.76. The Labute approximate surface area is 111 Å². The van der Waals surface area contributed by atoms with E-state index in [1.165, 1.54) is 0 Å². The third-order valence-corrected chi connectivity index (χ3v) is 2.04. The molecule has 1 heterocycles. The maximum absolute atomic E-state index is 12.3. The van der Waals surface area contributed by atoms with Crippen LogP contribution in [-0.4, -0.2) is 33.6 Å². The van der Waals surface area contributed by atoms with Crippen molar-refractivity contribution in [2.24, 2.45) is 0 Å². The smallest absolute Gasteiger partial charge is 0.451 e. The molecule has 106 valence electrons. The zero-order valence-electron chi connectivity index (χ0n) is 9.71. The lowest BCUT2D eigenvalue weighted by molar-refractivity contribution is -0.144. The molecule has 10 heteroatoms. The largest absolute Gasteiger partial charge is 0.463 e. The molecule has 2 N–H and O–H groups in total. The lowest BCUT2D eigenvalue weighted by Gasteiger charge is -2.04. The van der Waals surface area contributed by atoms with Gasteiger partial charge in [-0.3, -0.25) is 5.10 Å². The van der Waals surface area contributed by atoms with Gasteiger partial charge in [0.05, 0.1) is 12.5 Å². The van der Waals surface area contributed by atoms with Crippen LogP contribution in [-0.2, 0) is 15.7 Å². The number of nitrogens with one attached hydrogen (secondary N) is 2. The first-order valence-corrected chi connectivity index (χ1v) is 5.60. The first-order chi connectivity index (χ1) is 8.86. The number of carbonyl (C=O) groups excluding carboxylic acids is 1. The average Bonchev–Trinajstić information content (AvgIpc) is 2.76. The molecule has 0 aliphatic carbocycles. The van der Waals surface area contributed by atoms with Crippen LogP contribution in [0.4, 0.5) is 19.1 Å². The van der Waals surface area contributed by atoms with Crippen LogP contribution >= 0.6 is 11.6 Å². The van der Waals surface area contributed by atoms with Gasteiger partial charge in [-0.05, 0) is 6.92 Å². The minimum absolute atomic E-state index is 0.118. The topological polar surface area (TPSA) is 79.9 Å². The molecule has 0 saturated heterocycles. The summed E-state index contributed by atoms with van der Waals surface area (Å²) in [6.07, 6.45) is -3.61. The van der Waals surface area contributed by atoms with Crippen molar-refractivity contribution in [1.29, 1.82) is 0 Å². The van der Waals surface area contributed by atoms with Crippen molar-refractivity contribution in [3.05, 3.63) is 17.6 Å². The van der Waals surface area contributed by atoms with Crippen LogP contribution in [0.25, 0.3) is 0 Å². The molecular formula is C9H10ClF3N4O2. The molecule has 6 nitrogen and oxygen atoms in total. The monoisotopic (exact) mass is 298 g/mol. The number of alkyl halides is 4. The minimum atomic E-state index is -4.63. The standard InChI is InChI=1S/C9H10ClF3N4O2/c1-2-19-6(18)3-5(4-10)14-8-15-7(16-17-8)9(11,12)13/h3H,2,4H2,1H3,(H2,14,15,16,17). The molecule has 0 aromatic carbocycles. The van der Waals surface area contributed by atoms with E-state index in [0.29, 0.717) is 0 Å². The lowest BCUT2D eigenvalue weighted by Crippen LogP contribution is -2.09. The Morgan fingerprint density at radius 1 is 1.58 bits per heavy atom. The fourth-order valence-corrected chi connectivity index (χ4v) is 1.17. The Morgan fingerprint density at radius 3 is 2.74 bits per heavy atom. The first kappa shape index (κ1) is 15.3. The van der Waals surface area contributed by atoms with Gasteiger partial charge in [0.15, 0.2) is 0 Å². The maximum Gasteiger partial charge on any atom is 0.451 e. The fraction of sp³-hybridized carbons (Fsp3) is 0.444. The molecule has 19 heavy (non-hydrogen) atoms. The van der Waals surface area contributed by atoms with Gasteiger partial charge in [0, 0.05) is 11.8 Å². The van der Waals surface area contributed by atoms with E-state index in [0.717, 1.165) is 6.08 Å². The molecule has 1 aromatic rings. The van der Waals surface area contributed by atoms with Crippen molar-refractivity contribution in [3.63, 3.8) is 0 Å². The fourth-order valence-electron chi connectivity index (χ4n) is 1.02. The number of nitrogens with zero attached hydrogens (tertiary/aromatic N) is 2. The summed E-state index contributed by atoms with van der Waals surface area (Å²) in [6.45, 7) is 1.79. The molecule has 0 unspecified atom stereocenters. The van der Waals surface area contributed by atoms with Crippen LogP contribution in [0.2, 0.25) is 0 Å². The highest BCUT2D eigenvalue weighted by Crippen LogP contribution is 2.26. The summed E-state index contributed by atoms with van der Waals surface area (Å²) in [7, 11) is 0. The molecule has 0 bridgehead atoms. The molecule has 1 aromatic heterocycles. The van der Waals surface area contributed by atoms with Gasteiger partial charge >= 0.3 is 12.1 Å². The summed E-state index contributed by atoms with van der Waals surface area (Å²) in [5, 5.41) is 7.41. The molecule has 0 atom stereocenters. The first-order valence-electron chi connectivity index (χ1n) is 5.06. The number of rotatable bonds is 5. The summed E-state index contributed by atoms with van der Waals surface area (Å²) in [6, 6.07) is 0. The zero-order chi connectivity index (χ0) is 14.5. The van der Waals surface area contributed by atoms with Crippen molar-refractivity contribution in [1.82, 2.24) is 15.2 Å². The van der Waals surface area contributed by atoms with Crippen molar-refractivity contribution in [2.45, 2.75) is 13.1 Å². The highest BCUT2D eigenvalue weighted by molar-refractivity contribution is 6.19. The third-order valence-electron chi connectivity index (χ3n) is 1.75. The van der Waals surface area contributed by atoms with Crippen molar-refractivity contribution in [2.75, 3.05) is 17.8 Å². The van der Waals surface area contributed by atoms with Crippen molar-refractivity contribution < 1.29 is 22.7 Å². The van der Waals surface area contributed by atoms with Crippen LogP contribution in [0.3, 0.4) is 0 Å². The Bertz CT molecular complexity index is 472. The molecular weight excluding hydrogens is 289 g/mol. The van der Waals surface area contributed by atoms with E-state index in [1.807, 2.05) is 0 Å². The second-order valence-electron chi connectivity index (χ2n) is 3.19. The van der Waals surface area contributed by atoms with Crippen LogP contribution < -0.4 is 5.32 Å².